The molecule has 0 bridgehead atoms. The van der Waals surface area contributed by atoms with Gasteiger partial charge in [-0.3, -0.25) is 9.69 Å². The third-order valence-corrected chi connectivity index (χ3v) is 8.00. The lowest BCUT2D eigenvalue weighted by Gasteiger charge is -2.42. The van der Waals surface area contributed by atoms with Gasteiger partial charge in [-0.15, -0.1) is 5.10 Å². The molecular formula is C27H38N6O3. The van der Waals surface area contributed by atoms with E-state index in [0.717, 1.165) is 41.6 Å². The SMILES string of the molecule is CCC(C)(C)n1nnnc1[C@H](C(C)C)N(Cc1cc2cc3c(cc2[nH]c1=O)OCO3)C1CCCCC1. The van der Waals surface area contributed by atoms with E-state index in [-0.39, 0.29) is 29.9 Å². The zero-order valence-electron chi connectivity index (χ0n) is 22.1. The van der Waals surface area contributed by atoms with E-state index < -0.39 is 0 Å². The summed E-state index contributed by atoms with van der Waals surface area (Å²) in [4.78, 5) is 18.9. The van der Waals surface area contributed by atoms with Gasteiger partial charge in [0.2, 0.25) is 6.79 Å². The van der Waals surface area contributed by atoms with Crippen LogP contribution in [-0.4, -0.2) is 42.9 Å². The highest BCUT2D eigenvalue weighted by atomic mass is 16.7. The number of nitrogens with one attached hydrogen (secondary N) is 1. The van der Waals surface area contributed by atoms with Gasteiger partial charge in [-0.25, -0.2) is 4.68 Å². The summed E-state index contributed by atoms with van der Waals surface area (Å²) in [6.07, 6.45) is 6.82. The highest BCUT2D eigenvalue weighted by Gasteiger charge is 2.37. The number of aromatic nitrogens is 5. The number of tetrazole rings is 1. The number of pyridine rings is 1. The van der Waals surface area contributed by atoms with Crippen LogP contribution in [0.25, 0.3) is 10.9 Å². The van der Waals surface area contributed by atoms with E-state index >= 15 is 0 Å². The van der Waals surface area contributed by atoms with Crippen LogP contribution in [-0.2, 0) is 12.1 Å². The molecular weight excluding hydrogens is 456 g/mol. The zero-order valence-corrected chi connectivity index (χ0v) is 22.1. The van der Waals surface area contributed by atoms with E-state index in [4.69, 9.17) is 9.47 Å². The molecule has 1 atom stereocenters. The second-order valence-electron chi connectivity index (χ2n) is 11.2. The smallest absolute Gasteiger partial charge is 0.252 e. The molecule has 1 N–H and O–H groups in total. The van der Waals surface area contributed by atoms with Gasteiger partial charge in [0.25, 0.3) is 5.56 Å². The maximum absolute atomic E-state index is 13.3. The Balaban J connectivity index is 1.57. The Morgan fingerprint density at radius 2 is 1.86 bits per heavy atom. The number of fused-ring (bicyclic) bond motifs is 2. The van der Waals surface area contributed by atoms with Crippen LogP contribution in [0.5, 0.6) is 11.5 Å². The largest absolute Gasteiger partial charge is 0.454 e. The van der Waals surface area contributed by atoms with Crippen LogP contribution in [0.3, 0.4) is 0 Å². The minimum Gasteiger partial charge on any atom is -0.454 e. The van der Waals surface area contributed by atoms with Crippen LogP contribution in [0, 0.1) is 5.92 Å². The molecule has 0 unspecified atom stereocenters. The van der Waals surface area contributed by atoms with Gasteiger partial charge >= 0.3 is 0 Å². The first-order valence-corrected chi connectivity index (χ1v) is 13.3. The lowest BCUT2D eigenvalue weighted by Crippen LogP contribution is -2.44. The molecule has 1 aromatic carbocycles. The molecule has 1 aliphatic carbocycles. The predicted molar refractivity (Wildman–Crippen MR) is 138 cm³/mol. The average molecular weight is 495 g/mol. The van der Waals surface area contributed by atoms with Gasteiger partial charge in [0, 0.05) is 29.6 Å². The van der Waals surface area contributed by atoms with E-state index in [0.29, 0.717) is 24.1 Å². The Kier molecular flexibility index (Phi) is 6.76. The molecule has 3 heterocycles. The molecule has 0 spiro atoms. The summed E-state index contributed by atoms with van der Waals surface area (Å²) >= 11 is 0. The molecule has 1 aliphatic heterocycles. The van der Waals surface area contributed by atoms with Crippen molar-refractivity contribution >= 4 is 10.9 Å². The summed E-state index contributed by atoms with van der Waals surface area (Å²) in [5.41, 5.74) is 1.23. The van der Waals surface area contributed by atoms with Crippen molar-refractivity contribution in [3.8, 4) is 11.5 Å². The minimum atomic E-state index is -0.201. The number of nitrogens with zero attached hydrogens (tertiary/aromatic N) is 5. The second kappa shape index (κ2) is 9.84. The highest BCUT2D eigenvalue weighted by molar-refractivity contribution is 5.83. The van der Waals surface area contributed by atoms with Gasteiger partial charge in [-0.2, -0.15) is 0 Å². The summed E-state index contributed by atoms with van der Waals surface area (Å²) in [6.45, 7) is 11.7. The summed E-state index contributed by atoms with van der Waals surface area (Å²) in [5, 5.41) is 14.0. The molecule has 1 fully saturated rings. The van der Waals surface area contributed by atoms with Crippen LogP contribution < -0.4 is 15.0 Å². The van der Waals surface area contributed by atoms with Crippen LogP contribution >= 0.6 is 0 Å². The van der Waals surface area contributed by atoms with Crippen molar-refractivity contribution in [2.24, 2.45) is 5.92 Å². The third kappa shape index (κ3) is 4.61. The second-order valence-corrected chi connectivity index (χ2v) is 11.2. The Morgan fingerprint density at radius 3 is 2.56 bits per heavy atom. The van der Waals surface area contributed by atoms with Crippen LogP contribution in [0.4, 0.5) is 0 Å². The molecule has 3 aromatic rings. The first-order chi connectivity index (χ1) is 17.3. The quantitative estimate of drug-likeness (QED) is 0.475. The minimum absolute atomic E-state index is 0.0132. The molecule has 1 saturated carbocycles. The fraction of sp³-hybridized carbons (Fsp3) is 0.630. The molecule has 9 nitrogen and oxygen atoms in total. The summed E-state index contributed by atoms with van der Waals surface area (Å²) in [6, 6.07) is 6.16. The van der Waals surface area contributed by atoms with Crippen molar-refractivity contribution in [3.05, 3.63) is 39.9 Å². The monoisotopic (exact) mass is 494 g/mol. The number of aromatic amines is 1. The number of hydrogen-bond acceptors (Lipinski definition) is 7. The first-order valence-electron chi connectivity index (χ1n) is 13.3. The van der Waals surface area contributed by atoms with Crippen molar-refractivity contribution in [1.82, 2.24) is 30.1 Å². The fourth-order valence-corrected chi connectivity index (χ4v) is 5.61. The van der Waals surface area contributed by atoms with E-state index in [2.05, 4.69) is 60.0 Å². The summed E-state index contributed by atoms with van der Waals surface area (Å²) in [5.74, 6) is 2.52. The molecule has 9 heteroatoms. The maximum atomic E-state index is 13.3. The number of ether oxygens (including phenoxy) is 2. The summed E-state index contributed by atoms with van der Waals surface area (Å²) < 4.78 is 13.1. The Labute approximate surface area is 212 Å². The number of rotatable bonds is 8. The average Bonchev–Trinajstić information content (AvgIpc) is 3.53. The molecule has 0 radical (unpaired) electrons. The molecule has 36 heavy (non-hydrogen) atoms. The third-order valence-electron chi connectivity index (χ3n) is 8.00. The van der Waals surface area contributed by atoms with Crippen LogP contribution in [0.2, 0.25) is 0 Å². The standard InChI is InChI=1S/C27H38N6O3/c1-6-27(4,5)33-25(29-30-31-33)24(17(2)3)32(20-10-8-7-9-11-20)15-19-12-18-13-22-23(36-16-35-22)14-21(18)28-26(19)34/h12-14,17,20,24H,6-11,15-16H2,1-5H3,(H,28,34)/t24-/m0/s1. The predicted octanol–water partition coefficient (Wildman–Crippen LogP) is 4.92. The lowest BCUT2D eigenvalue weighted by atomic mass is 9.89. The van der Waals surface area contributed by atoms with Gasteiger partial charge < -0.3 is 14.5 Å². The van der Waals surface area contributed by atoms with E-state index in [9.17, 15) is 4.79 Å². The van der Waals surface area contributed by atoms with Crippen LogP contribution in [0.15, 0.2) is 23.0 Å². The van der Waals surface area contributed by atoms with Crippen molar-refractivity contribution in [1.29, 1.82) is 0 Å². The van der Waals surface area contributed by atoms with Gasteiger partial charge in [0.05, 0.1) is 17.1 Å². The summed E-state index contributed by atoms with van der Waals surface area (Å²) in [7, 11) is 0. The van der Waals surface area contributed by atoms with Crippen molar-refractivity contribution in [2.45, 2.75) is 97.3 Å². The van der Waals surface area contributed by atoms with Crippen molar-refractivity contribution < 1.29 is 9.47 Å². The zero-order chi connectivity index (χ0) is 25.4. The van der Waals surface area contributed by atoms with Crippen molar-refractivity contribution in [3.63, 3.8) is 0 Å². The molecule has 2 aliphatic rings. The van der Waals surface area contributed by atoms with Gasteiger partial charge in [-0.1, -0.05) is 40.0 Å². The van der Waals surface area contributed by atoms with Gasteiger partial charge in [0.1, 0.15) is 0 Å². The van der Waals surface area contributed by atoms with Gasteiger partial charge in [0.15, 0.2) is 17.3 Å². The molecule has 5 rings (SSSR count). The molecule has 0 amide bonds. The highest BCUT2D eigenvalue weighted by Crippen LogP contribution is 2.38. The van der Waals surface area contributed by atoms with E-state index in [1.54, 1.807) is 0 Å². The normalized spacial score (nSPS) is 17.4. The topological polar surface area (TPSA) is 98.2 Å². The Morgan fingerprint density at radius 1 is 1.14 bits per heavy atom. The number of benzene rings is 1. The molecule has 0 saturated heterocycles. The molecule has 2 aromatic heterocycles. The fourth-order valence-electron chi connectivity index (χ4n) is 5.61. The van der Waals surface area contributed by atoms with Crippen molar-refractivity contribution in [2.75, 3.05) is 6.79 Å². The van der Waals surface area contributed by atoms with Gasteiger partial charge in [-0.05, 0) is 61.6 Å². The van der Waals surface area contributed by atoms with E-state index in [1.165, 1.54) is 19.3 Å². The number of H-pyrrole nitrogens is 1. The van der Waals surface area contributed by atoms with E-state index in [1.807, 2.05) is 22.9 Å². The maximum Gasteiger partial charge on any atom is 0.252 e. The lowest BCUT2D eigenvalue weighted by molar-refractivity contribution is 0.0572. The Bertz CT molecular complexity index is 1270. The Hall–Kier alpha value is -2.94. The first kappa shape index (κ1) is 24.7. The molecule has 194 valence electrons. The van der Waals surface area contributed by atoms with Crippen LogP contribution in [0.1, 0.15) is 90.6 Å². The number of hydrogen-bond donors (Lipinski definition) is 1.